The Bertz CT molecular complexity index is 1190. The molecule has 2 aliphatic rings. The molecular weight excluding hydrogens is 330 g/mol. The molecule has 132 valence electrons. The van der Waals surface area contributed by atoms with Crippen LogP contribution in [0.2, 0.25) is 0 Å². The Balaban J connectivity index is 1.50. The summed E-state index contributed by atoms with van der Waals surface area (Å²) in [6.45, 7) is 1.02. The summed E-state index contributed by atoms with van der Waals surface area (Å²) in [5.41, 5.74) is 4.26. The molecule has 0 amide bonds. The Morgan fingerprint density at radius 2 is 1.67 bits per heavy atom. The van der Waals surface area contributed by atoms with E-state index in [0.29, 0.717) is 5.92 Å². The average molecular weight is 351 g/mol. The number of imidazole rings is 1. The molecule has 0 saturated heterocycles. The first-order valence-corrected chi connectivity index (χ1v) is 9.85. The monoisotopic (exact) mass is 351 g/mol. The third kappa shape index (κ3) is 2.42. The van der Waals surface area contributed by atoms with Gasteiger partial charge < -0.3 is 4.57 Å². The highest BCUT2D eigenvalue weighted by molar-refractivity contribution is 5.83. The lowest BCUT2D eigenvalue weighted by molar-refractivity contribution is 0.390. The van der Waals surface area contributed by atoms with Crippen molar-refractivity contribution in [2.45, 2.75) is 19.4 Å². The Hall–Kier alpha value is -2.94. The summed E-state index contributed by atoms with van der Waals surface area (Å²) in [6.07, 6.45) is 7.49. The van der Waals surface area contributed by atoms with Gasteiger partial charge in [-0.1, -0.05) is 48.6 Å². The van der Waals surface area contributed by atoms with E-state index < -0.39 is 0 Å². The molecule has 0 aliphatic heterocycles. The highest BCUT2D eigenvalue weighted by atomic mass is 15.1. The second-order valence-corrected chi connectivity index (χ2v) is 7.96. The maximum Gasteiger partial charge on any atom is 0.159 e. The number of hydrogen-bond acceptors (Lipinski definition) is 2. The van der Waals surface area contributed by atoms with Gasteiger partial charge in [0.05, 0.1) is 16.6 Å². The van der Waals surface area contributed by atoms with Crippen LogP contribution in [0.25, 0.3) is 33.5 Å². The number of aromatic nitrogens is 3. The van der Waals surface area contributed by atoms with Crippen LogP contribution in [0.3, 0.4) is 0 Å². The van der Waals surface area contributed by atoms with E-state index >= 15 is 0 Å². The van der Waals surface area contributed by atoms with E-state index in [1.54, 1.807) is 0 Å². The average Bonchev–Trinajstić information content (AvgIpc) is 3.42. The van der Waals surface area contributed by atoms with Crippen LogP contribution in [-0.2, 0) is 6.54 Å². The zero-order valence-electron chi connectivity index (χ0n) is 15.1. The molecule has 3 nitrogen and oxygen atoms in total. The minimum atomic E-state index is 0.705. The summed E-state index contributed by atoms with van der Waals surface area (Å²) < 4.78 is 2.41. The van der Waals surface area contributed by atoms with E-state index in [1.165, 1.54) is 23.7 Å². The molecule has 1 saturated carbocycles. The van der Waals surface area contributed by atoms with Crippen LogP contribution < -0.4 is 0 Å². The summed E-state index contributed by atoms with van der Waals surface area (Å²) in [5, 5.41) is 1.17. The van der Waals surface area contributed by atoms with Gasteiger partial charge >= 0.3 is 0 Å². The molecule has 3 unspecified atom stereocenters. The molecule has 27 heavy (non-hydrogen) atoms. The molecule has 2 aliphatic carbocycles. The predicted molar refractivity (Wildman–Crippen MR) is 109 cm³/mol. The fraction of sp³-hybridized carbons (Fsp3) is 0.250. The minimum Gasteiger partial charge on any atom is -0.322 e. The molecule has 2 aromatic carbocycles. The molecule has 2 bridgehead atoms. The van der Waals surface area contributed by atoms with E-state index in [9.17, 15) is 0 Å². The second-order valence-electron chi connectivity index (χ2n) is 7.96. The number of para-hydroxylation sites is 3. The maximum absolute atomic E-state index is 4.98. The molecule has 2 aromatic heterocycles. The van der Waals surface area contributed by atoms with Crippen LogP contribution in [0.15, 0.2) is 72.8 Å². The van der Waals surface area contributed by atoms with Crippen molar-refractivity contribution < 1.29 is 0 Å². The highest BCUT2D eigenvalue weighted by Crippen LogP contribution is 2.44. The summed E-state index contributed by atoms with van der Waals surface area (Å²) >= 11 is 0. The van der Waals surface area contributed by atoms with Crippen molar-refractivity contribution in [2.75, 3.05) is 0 Å². The smallest absolute Gasteiger partial charge is 0.159 e. The van der Waals surface area contributed by atoms with Gasteiger partial charge in [-0.2, -0.15) is 0 Å². The van der Waals surface area contributed by atoms with Crippen LogP contribution >= 0.6 is 0 Å². The van der Waals surface area contributed by atoms with Crippen molar-refractivity contribution in [1.29, 1.82) is 0 Å². The van der Waals surface area contributed by atoms with Gasteiger partial charge in [0.25, 0.3) is 0 Å². The lowest BCUT2D eigenvalue weighted by Gasteiger charge is -2.20. The van der Waals surface area contributed by atoms with Crippen molar-refractivity contribution in [3.8, 4) is 11.5 Å². The van der Waals surface area contributed by atoms with Gasteiger partial charge in [0.2, 0.25) is 0 Å². The number of hydrogen-bond donors (Lipinski definition) is 0. The Morgan fingerprint density at radius 3 is 2.52 bits per heavy atom. The van der Waals surface area contributed by atoms with Gasteiger partial charge in [-0.15, -0.1) is 0 Å². The molecule has 0 radical (unpaired) electrons. The number of pyridine rings is 1. The molecule has 1 fully saturated rings. The zero-order valence-corrected chi connectivity index (χ0v) is 15.1. The van der Waals surface area contributed by atoms with Crippen molar-refractivity contribution >= 4 is 21.9 Å². The van der Waals surface area contributed by atoms with Crippen LogP contribution in [0.1, 0.15) is 12.8 Å². The third-order valence-electron chi connectivity index (χ3n) is 6.32. The fourth-order valence-electron chi connectivity index (χ4n) is 4.99. The Morgan fingerprint density at radius 1 is 0.815 bits per heavy atom. The molecule has 6 rings (SSSR count). The minimum absolute atomic E-state index is 0.705. The summed E-state index contributed by atoms with van der Waals surface area (Å²) in [7, 11) is 0. The lowest BCUT2D eigenvalue weighted by Crippen LogP contribution is -2.16. The largest absolute Gasteiger partial charge is 0.322 e. The van der Waals surface area contributed by atoms with Crippen LogP contribution in [-0.4, -0.2) is 14.5 Å². The van der Waals surface area contributed by atoms with E-state index in [1.807, 2.05) is 6.07 Å². The van der Waals surface area contributed by atoms with E-state index in [0.717, 1.165) is 40.9 Å². The normalized spacial score (nSPS) is 23.6. The topological polar surface area (TPSA) is 30.7 Å². The Kier molecular flexibility index (Phi) is 3.24. The first kappa shape index (κ1) is 15.2. The summed E-state index contributed by atoms with van der Waals surface area (Å²) in [4.78, 5) is 9.90. The third-order valence-corrected chi connectivity index (χ3v) is 6.32. The van der Waals surface area contributed by atoms with Gasteiger partial charge in [0, 0.05) is 11.9 Å². The number of fused-ring (bicyclic) bond motifs is 4. The van der Waals surface area contributed by atoms with Gasteiger partial charge in [0.15, 0.2) is 5.82 Å². The SMILES string of the molecule is C1=CC2CC1CC2Cn1c(-c2ccc3ccccc3n2)nc2ccccc21. The molecule has 3 heteroatoms. The van der Waals surface area contributed by atoms with E-state index in [2.05, 4.69) is 71.3 Å². The Labute approximate surface area is 158 Å². The quantitative estimate of drug-likeness (QED) is 0.459. The van der Waals surface area contributed by atoms with Gasteiger partial charge in [-0.3, -0.25) is 0 Å². The standard InChI is InChI=1S/C24H21N3/c1-2-6-20-17(5-1)11-12-22(25-20)24-26-21-7-3-4-8-23(21)27(24)15-19-14-16-9-10-18(19)13-16/h1-12,16,18-19H,13-15H2. The molecule has 2 heterocycles. The second kappa shape index (κ2) is 5.78. The van der Waals surface area contributed by atoms with Crippen molar-refractivity contribution in [2.24, 2.45) is 17.8 Å². The predicted octanol–water partition coefficient (Wildman–Crippen LogP) is 5.46. The van der Waals surface area contributed by atoms with Crippen molar-refractivity contribution in [1.82, 2.24) is 14.5 Å². The van der Waals surface area contributed by atoms with Gasteiger partial charge in [0.1, 0.15) is 5.69 Å². The van der Waals surface area contributed by atoms with Crippen molar-refractivity contribution in [3.63, 3.8) is 0 Å². The summed E-state index contributed by atoms with van der Waals surface area (Å²) in [5.74, 6) is 3.22. The van der Waals surface area contributed by atoms with Crippen LogP contribution in [0.4, 0.5) is 0 Å². The first-order valence-electron chi connectivity index (χ1n) is 9.85. The van der Waals surface area contributed by atoms with Gasteiger partial charge in [-0.25, -0.2) is 9.97 Å². The maximum atomic E-state index is 4.98. The molecule has 0 N–H and O–H groups in total. The molecule has 3 atom stereocenters. The van der Waals surface area contributed by atoms with Crippen LogP contribution in [0.5, 0.6) is 0 Å². The van der Waals surface area contributed by atoms with Crippen molar-refractivity contribution in [3.05, 3.63) is 72.8 Å². The number of nitrogens with zero attached hydrogens (tertiary/aromatic N) is 3. The number of allylic oxidation sites excluding steroid dienone is 2. The number of benzene rings is 2. The molecular formula is C24H21N3. The van der Waals surface area contributed by atoms with E-state index in [-0.39, 0.29) is 0 Å². The number of rotatable bonds is 3. The molecule has 0 spiro atoms. The van der Waals surface area contributed by atoms with Crippen LogP contribution in [0, 0.1) is 17.8 Å². The lowest BCUT2D eigenvalue weighted by atomic mass is 9.93. The first-order chi connectivity index (χ1) is 13.3. The van der Waals surface area contributed by atoms with E-state index in [4.69, 9.17) is 9.97 Å². The fourth-order valence-corrected chi connectivity index (χ4v) is 4.99. The summed E-state index contributed by atoms with van der Waals surface area (Å²) in [6, 6.07) is 21.0. The zero-order chi connectivity index (χ0) is 17.8. The molecule has 4 aromatic rings. The van der Waals surface area contributed by atoms with Gasteiger partial charge in [-0.05, 0) is 54.9 Å². The highest BCUT2D eigenvalue weighted by Gasteiger charge is 2.36.